The van der Waals surface area contributed by atoms with Gasteiger partial charge < -0.3 is 14.9 Å². The number of alkyl halides is 2. The van der Waals surface area contributed by atoms with Crippen molar-refractivity contribution in [2.24, 2.45) is 5.84 Å². The van der Waals surface area contributed by atoms with E-state index in [-0.39, 0.29) is 5.69 Å². The van der Waals surface area contributed by atoms with Crippen molar-refractivity contribution in [3.05, 3.63) is 23.9 Å². The molecular weight excluding hydrogens is 280 g/mol. The number of hydrogen-bond acceptors (Lipinski definition) is 5. The van der Waals surface area contributed by atoms with Crippen LogP contribution in [0, 0.1) is 0 Å². The lowest BCUT2D eigenvalue weighted by molar-refractivity contribution is 0.146. The second-order valence-corrected chi connectivity index (χ2v) is 4.22. The number of nitrogens with one attached hydrogen (secondary N) is 1. The Bertz CT molecular complexity index is 635. The van der Waals surface area contributed by atoms with Gasteiger partial charge in [0, 0.05) is 11.5 Å². The van der Waals surface area contributed by atoms with Gasteiger partial charge in [-0.15, -0.1) is 0 Å². The molecule has 1 heterocycles. The van der Waals surface area contributed by atoms with Crippen LogP contribution in [-0.2, 0) is 0 Å². The predicted molar refractivity (Wildman–Crippen MR) is 76.8 cm³/mol. The second kappa shape index (κ2) is 6.53. The fraction of sp³-hybridized carbons (Fsp3) is 0.357. The van der Waals surface area contributed by atoms with Gasteiger partial charge in [-0.1, -0.05) is 0 Å². The quantitative estimate of drug-likeness (QED) is 0.632. The molecule has 0 amide bonds. The highest BCUT2D eigenvalue weighted by atomic mass is 19.3. The monoisotopic (exact) mass is 297 g/mol. The third-order valence-electron chi connectivity index (χ3n) is 2.87. The number of anilines is 1. The van der Waals surface area contributed by atoms with Crippen LogP contribution in [0.4, 0.5) is 14.5 Å². The fourth-order valence-corrected chi connectivity index (χ4v) is 2.02. The van der Waals surface area contributed by atoms with E-state index in [2.05, 4.69) is 10.4 Å². The molecule has 1 aromatic heterocycles. The second-order valence-electron chi connectivity index (χ2n) is 4.22. The Labute approximate surface area is 121 Å². The SMILES string of the molecule is CCOc1cc2nc(C(F)F)cc(NN)c2cc1OCC. The van der Waals surface area contributed by atoms with Gasteiger partial charge in [-0.25, -0.2) is 13.8 Å². The van der Waals surface area contributed by atoms with E-state index in [1.54, 1.807) is 12.1 Å². The molecule has 0 saturated carbocycles. The van der Waals surface area contributed by atoms with Crippen molar-refractivity contribution in [3.63, 3.8) is 0 Å². The van der Waals surface area contributed by atoms with Crippen molar-refractivity contribution >= 4 is 16.6 Å². The Hall–Kier alpha value is -2.15. The number of nitrogens with zero attached hydrogens (tertiary/aromatic N) is 1. The maximum Gasteiger partial charge on any atom is 0.280 e. The molecule has 21 heavy (non-hydrogen) atoms. The van der Waals surface area contributed by atoms with Crippen LogP contribution in [0.5, 0.6) is 11.5 Å². The van der Waals surface area contributed by atoms with Crippen molar-refractivity contribution in [1.29, 1.82) is 0 Å². The lowest BCUT2D eigenvalue weighted by atomic mass is 10.1. The number of pyridine rings is 1. The van der Waals surface area contributed by atoms with Crippen molar-refractivity contribution < 1.29 is 18.3 Å². The number of rotatable bonds is 6. The number of halogens is 2. The molecule has 0 aliphatic carbocycles. The fourth-order valence-electron chi connectivity index (χ4n) is 2.02. The largest absolute Gasteiger partial charge is 0.490 e. The summed E-state index contributed by atoms with van der Waals surface area (Å²) >= 11 is 0. The van der Waals surface area contributed by atoms with Gasteiger partial charge in [-0.05, 0) is 26.0 Å². The highest BCUT2D eigenvalue weighted by molar-refractivity contribution is 5.93. The Morgan fingerprint density at radius 3 is 2.29 bits per heavy atom. The topological polar surface area (TPSA) is 69.4 Å². The van der Waals surface area contributed by atoms with Gasteiger partial charge >= 0.3 is 0 Å². The average Bonchev–Trinajstić information content (AvgIpc) is 2.47. The van der Waals surface area contributed by atoms with E-state index < -0.39 is 6.43 Å². The number of ether oxygens (including phenoxy) is 2. The number of hydrazine groups is 1. The Balaban J connectivity index is 2.67. The van der Waals surface area contributed by atoms with E-state index in [4.69, 9.17) is 15.3 Å². The Kier molecular flexibility index (Phi) is 4.74. The molecule has 0 aliphatic heterocycles. The van der Waals surface area contributed by atoms with Gasteiger partial charge in [0.1, 0.15) is 5.69 Å². The van der Waals surface area contributed by atoms with Crippen molar-refractivity contribution in [2.75, 3.05) is 18.6 Å². The van der Waals surface area contributed by atoms with Crippen LogP contribution in [0.3, 0.4) is 0 Å². The number of benzene rings is 1. The van der Waals surface area contributed by atoms with E-state index in [9.17, 15) is 8.78 Å². The Morgan fingerprint density at radius 1 is 1.14 bits per heavy atom. The van der Waals surface area contributed by atoms with Crippen molar-refractivity contribution in [2.45, 2.75) is 20.3 Å². The number of aromatic nitrogens is 1. The van der Waals surface area contributed by atoms with E-state index in [1.165, 1.54) is 6.07 Å². The summed E-state index contributed by atoms with van der Waals surface area (Å²) in [6, 6.07) is 4.49. The van der Waals surface area contributed by atoms with Crippen LogP contribution in [0.2, 0.25) is 0 Å². The van der Waals surface area contributed by atoms with Crippen molar-refractivity contribution in [3.8, 4) is 11.5 Å². The zero-order chi connectivity index (χ0) is 15.4. The van der Waals surface area contributed by atoms with E-state index in [0.717, 1.165) is 0 Å². The summed E-state index contributed by atoms with van der Waals surface area (Å²) in [4.78, 5) is 3.95. The third-order valence-corrected chi connectivity index (χ3v) is 2.87. The van der Waals surface area contributed by atoms with Crippen LogP contribution >= 0.6 is 0 Å². The number of nitrogen functional groups attached to an aromatic ring is 1. The highest BCUT2D eigenvalue weighted by Gasteiger charge is 2.16. The maximum absolute atomic E-state index is 12.9. The summed E-state index contributed by atoms with van der Waals surface area (Å²) < 4.78 is 36.7. The standard InChI is InChI=1S/C14H17F2N3O2/c1-3-20-12-5-8-9(7-13(12)21-4-2)18-11(14(15)16)6-10(8)19-17/h5-7,14H,3-4,17H2,1-2H3,(H,18,19). The molecule has 2 aromatic rings. The molecule has 0 fully saturated rings. The lowest BCUT2D eigenvalue weighted by Crippen LogP contribution is -2.09. The third kappa shape index (κ3) is 3.13. The molecule has 2 rings (SSSR count). The van der Waals surface area contributed by atoms with Crippen molar-refractivity contribution in [1.82, 2.24) is 4.98 Å². The molecule has 0 radical (unpaired) electrons. The average molecular weight is 297 g/mol. The van der Waals surface area contributed by atoms with E-state index in [0.29, 0.717) is 41.3 Å². The van der Waals surface area contributed by atoms with E-state index >= 15 is 0 Å². The molecule has 114 valence electrons. The molecule has 3 N–H and O–H groups in total. The molecule has 1 aromatic carbocycles. The van der Waals surface area contributed by atoms with Gasteiger partial charge in [0.15, 0.2) is 11.5 Å². The zero-order valence-electron chi connectivity index (χ0n) is 11.8. The smallest absolute Gasteiger partial charge is 0.280 e. The van der Waals surface area contributed by atoms with Crippen LogP contribution in [-0.4, -0.2) is 18.2 Å². The van der Waals surface area contributed by atoms with Crippen LogP contribution < -0.4 is 20.7 Å². The summed E-state index contributed by atoms with van der Waals surface area (Å²) in [6.45, 7) is 4.57. The molecule has 7 heteroatoms. The summed E-state index contributed by atoms with van der Waals surface area (Å²) in [5.41, 5.74) is 2.80. The molecule has 0 bridgehead atoms. The van der Waals surface area contributed by atoms with Gasteiger partial charge in [-0.3, -0.25) is 5.84 Å². The minimum absolute atomic E-state index is 0.345. The van der Waals surface area contributed by atoms with Gasteiger partial charge in [-0.2, -0.15) is 0 Å². The van der Waals surface area contributed by atoms with Crippen LogP contribution in [0.25, 0.3) is 10.9 Å². The Morgan fingerprint density at radius 2 is 1.76 bits per heavy atom. The molecular formula is C14H17F2N3O2. The summed E-state index contributed by atoms with van der Waals surface area (Å²) in [7, 11) is 0. The van der Waals surface area contributed by atoms with Crippen LogP contribution in [0.1, 0.15) is 26.0 Å². The normalized spacial score (nSPS) is 11.0. The maximum atomic E-state index is 12.9. The first-order valence-electron chi connectivity index (χ1n) is 6.59. The van der Waals surface area contributed by atoms with Crippen LogP contribution in [0.15, 0.2) is 18.2 Å². The first-order chi connectivity index (χ1) is 10.1. The van der Waals surface area contributed by atoms with Gasteiger partial charge in [0.25, 0.3) is 6.43 Å². The minimum atomic E-state index is -2.68. The minimum Gasteiger partial charge on any atom is -0.490 e. The molecule has 5 nitrogen and oxygen atoms in total. The first-order valence-corrected chi connectivity index (χ1v) is 6.59. The zero-order valence-corrected chi connectivity index (χ0v) is 11.8. The summed E-state index contributed by atoms with van der Waals surface area (Å²) in [6.07, 6.45) is -2.68. The number of nitrogens with two attached hydrogens (primary N) is 1. The highest BCUT2D eigenvalue weighted by Crippen LogP contribution is 2.36. The molecule has 0 atom stereocenters. The molecule has 0 unspecified atom stereocenters. The predicted octanol–water partition coefficient (Wildman–Crippen LogP) is 3.26. The number of hydrogen-bond donors (Lipinski definition) is 2. The first kappa shape index (κ1) is 15.2. The summed E-state index contributed by atoms with van der Waals surface area (Å²) in [5, 5.41) is 0.591. The number of fused-ring (bicyclic) bond motifs is 1. The molecule has 0 saturated heterocycles. The molecule has 0 aliphatic rings. The van der Waals surface area contributed by atoms with Gasteiger partial charge in [0.05, 0.1) is 24.4 Å². The summed E-state index contributed by atoms with van der Waals surface area (Å²) in [5.74, 6) is 6.40. The van der Waals surface area contributed by atoms with E-state index in [1.807, 2.05) is 13.8 Å². The molecule has 0 spiro atoms. The van der Waals surface area contributed by atoms with Gasteiger partial charge in [0.2, 0.25) is 0 Å². The lowest BCUT2D eigenvalue weighted by Gasteiger charge is -2.14.